The van der Waals surface area contributed by atoms with Gasteiger partial charge in [0.1, 0.15) is 13.2 Å². The standard InChI is InChI=1S/C18H26N2O5S.ClH/c1-19-13-14-4-7-20(8-5-14)18(21)6-11-26(22,23)15-2-3-16-17(12-15)25-10-9-24-16;/h2-3,12,14,19H,4-11,13H2,1H3;1H. The number of nitrogens with zero attached hydrogens (tertiary/aromatic N) is 1. The van der Waals surface area contributed by atoms with Crippen LogP contribution in [0.1, 0.15) is 19.3 Å². The van der Waals surface area contributed by atoms with Gasteiger partial charge in [-0.05, 0) is 44.5 Å². The summed E-state index contributed by atoms with van der Waals surface area (Å²) in [4.78, 5) is 14.3. The lowest BCUT2D eigenvalue weighted by atomic mass is 9.97. The van der Waals surface area contributed by atoms with Crippen molar-refractivity contribution in [3.05, 3.63) is 18.2 Å². The van der Waals surface area contributed by atoms with Gasteiger partial charge in [-0.15, -0.1) is 12.4 Å². The normalized spacial score (nSPS) is 17.3. The van der Waals surface area contributed by atoms with E-state index in [0.717, 1.165) is 19.4 Å². The van der Waals surface area contributed by atoms with Gasteiger partial charge in [0.15, 0.2) is 21.3 Å². The van der Waals surface area contributed by atoms with Crippen LogP contribution in [-0.4, -0.2) is 64.9 Å². The van der Waals surface area contributed by atoms with Crippen molar-refractivity contribution < 1.29 is 22.7 Å². The van der Waals surface area contributed by atoms with Gasteiger partial charge in [0.05, 0.1) is 10.6 Å². The predicted molar refractivity (Wildman–Crippen MR) is 105 cm³/mol. The number of carbonyl (C=O) groups is 1. The van der Waals surface area contributed by atoms with Gasteiger partial charge in [0.25, 0.3) is 0 Å². The third-order valence-corrected chi connectivity index (χ3v) is 6.63. The highest BCUT2D eigenvalue weighted by Gasteiger charge is 2.25. The van der Waals surface area contributed by atoms with Crippen molar-refractivity contribution in [2.75, 3.05) is 45.6 Å². The molecule has 0 bridgehead atoms. The molecule has 0 spiro atoms. The fourth-order valence-electron chi connectivity index (χ4n) is 3.39. The molecule has 3 rings (SSSR count). The van der Waals surface area contributed by atoms with E-state index in [0.29, 0.717) is 43.7 Å². The lowest BCUT2D eigenvalue weighted by Gasteiger charge is -2.32. The van der Waals surface area contributed by atoms with E-state index in [9.17, 15) is 13.2 Å². The number of piperidine rings is 1. The second kappa shape index (κ2) is 9.61. The van der Waals surface area contributed by atoms with Crippen LogP contribution in [0.15, 0.2) is 23.1 Å². The number of fused-ring (bicyclic) bond motifs is 1. The van der Waals surface area contributed by atoms with Crippen molar-refractivity contribution in [3.63, 3.8) is 0 Å². The van der Waals surface area contributed by atoms with Crippen molar-refractivity contribution in [2.24, 2.45) is 5.92 Å². The summed E-state index contributed by atoms with van der Waals surface area (Å²) in [6.07, 6.45) is 1.93. The minimum absolute atomic E-state index is 0. The van der Waals surface area contributed by atoms with Gasteiger partial charge in [-0.1, -0.05) is 0 Å². The lowest BCUT2D eigenvalue weighted by molar-refractivity contribution is -0.132. The van der Waals surface area contributed by atoms with E-state index >= 15 is 0 Å². The molecule has 27 heavy (non-hydrogen) atoms. The molecule has 2 aliphatic heterocycles. The summed E-state index contributed by atoms with van der Waals surface area (Å²) in [7, 11) is -1.61. The summed E-state index contributed by atoms with van der Waals surface area (Å²) in [6.45, 7) is 3.22. The van der Waals surface area contributed by atoms with Gasteiger partial charge in [0.2, 0.25) is 5.91 Å². The van der Waals surface area contributed by atoms with Gasteiger partial charge < -0.3 is 19.7 Å². The maximum Gasteiger partial charge on any atom is 0.223 e. The Kier molecular flexibility index (Phi) is 7.76. The Morgan fingerprint density at radius 2 is 1.85 bits per heavy atom. The number of nitrogens with one attached hydrogen (secondary N) is 1. The smallest absolute Gasteiger partial charge is 0.223 e. The second-order valence-electron chi connectivity index (χ2n) is 6.76. The summed E-state index contributed by atoms with van der Waals surface area (Å²) >= 11 is 0. The second-order valence-corrected chi connectivity index (χ2v) is 8.87. The Hall–Kier alpha value is -1.51. The maximum absolute atomic E-state index is 12.6. The Labute approximate surface area is 166 Å². The summed E-state index contributed by atoms with van der Waals surface area (Å²) < 4.78 is 36.0. The van der Waals surface area contributed by atoms with E-state index in [-0.39, 0.29) is 35.4 Å². The molecular formula is C18H27ClN2O5S. The molecular weight excluding hydrogens is 392 g/mol. The van der Waals surface area contributed by atoms with Crippen LogP contribution in [0.5, 0.6) is 11.5 Å². The molecule has 1 aromatic carbocycles. The van der Waals surface area contributed by atoms with Crippen molar-refractivity contribution in [1.29, 1.82) is 0 Å². The average Bonchev–Trinajstić information content (AvgIpc) is 2.66. The zero-order chi connectivity index (χ0) is 18.6. The molecule has 1 amide bonds. The third-order valence-electron chi connectivity index (χ3n) is 4.92. The van der Waals surface area contributed by atoms with Crippen LogP contribution in [0.2, 0.25) is 0 Å². The first-order chi connectivity index (χ1) is 12.5. The van der Waals surface area contributed by atoms with E-state index in [1.807, 2.05) is 7.05 Å². The van der Waals surface area contributed by atoms with E-state index < -0.39 is 9.84 Å². The predicted octanol–water partition coefficient (Wildman–Crippen LogP) is 1.50. The number of carbonyl (C=O) groups excluding carboxylic acids is 1. The van der Waals surface area contributed by atoms with E-state index in [1.54, 1.807) is 11.0 Å². The molecule has 0 atom stereocenters. The first-order valence-electron chi connectivity index (χ1n) is 9.04. The average molecular weight is 419 g/mol. The summed E-state index contributed by atoms with van der Waals surface area (Å²) in [5, 5.41) is 3.16. The monoisotopic (exact) mass is 418 g/mol. The topological polar surface area (TPSA) is 84.9 Å². The highest BCUT2D eigenvalue weighted by Crippen LogP contribution is 2.32. The van der Waals surface area contributed by atoms with Crippen LogP contribution in [0.4, 0.5) is 0 Å². The third kappa shape index (κ3) is 5.49. The fraction of sp³-hybridized carbons (Fsp3) is 0.611. The van der Waals surface area contributed by atoms with Gasteiger partial charge in [-0.2, -0.15) is 0 Å². The van der Waals surface area contributed by atoms with Crippen LogP contribution in [0, 0.1) is 5.92 Å². The minimum Gasteiger partial charge on any atom is -0.486 e. The number of amides is 1. The quantitative estimate of drug-likeness (QED) is 0.753. The number of benzene rings is 1. The Balaban J connectivity index is 0.00000261. The van der Waals surface area contributed by atoms with Crippen LogP contribution in [0.3, 0.4) is 0 Å². The number of halogens is 1. The van der Waals surface area contributed by atoms with Gasteiger partial charge in [-0.25, -0.2) is 8.42 Å². The number of sulfone groups is 1. The molecule has 1 fully saturated rings. The molecule has 0 aliphatic carbocycles. The van der Waals surface area contributed by atoms with Crippen molar-refractivity contribution in [2.45, 2.75) is 24.2 Å². The molecule has 0 radical (unpaired) electrons. The number of hydrogen-bond acceptors (Lipinski definition) is 6. The van der Waals surface area contributed by atoms with Crippen molar-refractivity contribution in [3.8, 4) is 11.5 Å². The highest BCUT2D eigenvalue weighted by molar-refractivity contribution is 7.91. The van der Waals surface area contributed by atoms with E-state index in [2.05, 4.69) is 5.32 Å². The zero-order valence-electron chi connectivity index (χ0n) is 15.5. The van der Waals surface area contributed by atoms with Crippen LogP contribution in [-0.2, 0) is 14.6 Å². The molecule has 2 heterocycles. The SMILES string of the molecule is CNCC1CCN(C(=O)CCS(=O)(=O)c2ccc3c(c2)OCCO3)CC1.Cl. The number of rotatable bonds is 6. The van der Waals surface area contributed by atoms with Crippen LogP contribution >= 0.6 is 12.4 Å². The van der Waals surface area contributed by atoms with Gasteiger partial charge in [-0.3, -0.25) is 4.79 Å². The molecule has 2 aliphatic rings. The van der Waals surface area contributed by atoms with E-state index in [1.165, 1.54) is 12.1 Å². The van der Waals surface area contributed by atoms with Crippen molar-refractivity contribution >= 4 is 28.2 Å². The largest absolute Gasteiger partial charge is 0.486 e. The first-order valence-corrected chi connectivity index (χ1v) is 10.7. The first kappa shape index (κ1) is 21.8. The molecule has 152 valence electrons. The summed E-state index contributed by atoms with van der Waals surface area (Å²) in [5.41, 5.74) is 0. The molecule has 7 nitrogen and oxygen atoms in total. The Bertz CT molecular complexity index is 748. The van der Waals surface area contributed by atoms with Gasteiger partial charge >= 0.3 is 0 Å². The van der Waals surface area contributed by atoms with Gasteiger partial charge in [0, 0.05) is 25.6 Å². The molecule has 0 unspecified atom stereocenters. The lowest BCUT2D eigenvalue weighted by Crippen LogP contribution is -2.40. The summed E-state index contributed by atoms with van der Waals surface area (Å²) in [6, 6.07) is 4.60. The molecule has 0 aromatic heterocycles. The number of ether oxygens (including phenoxy) is 2. The summed E-state index contributed by atoms with van der Waals surface area (Å²) in [5.74, 6) is 1.30. The highest BCUT2D eigenvalue weighted by atomic mass is 35.5. The molecule has 9 heteroatoms. The number of hydrogen-bond donors (Lipinski definition) is 1. The molecule has 0 saturated carbocycles. The molecule has 1 saturated heterocycles. The maximum atomic E-state index is 12.6. The molecule has 1 aromatic rings. The van der Waals surface area contributed by atoms with Crippen LogP contribution in [0.25, 0.3) is 0 Å². The fourth-order valence-corrected chi connectivity index (χ4v) is 4.63. The Morgan fingerprint density at radius 1 is 1.19 bits per heavy atom. The van der Waals surface area contributed by atoms with Crippen LogP contribution < -0.4 is 14.8 Å². The minimum atomic E-state index is -3.54. The Morgan fingerprint density at radius 3 is 2.52 bits per heavy atom. The number of likely N-dealkylation sites (tertiary alicyclic amines) is 1. The zero-order valence-corrected chi connectivity index (χ0v) is 17.1. The van der Waals surface area contributed by atoms with E-state index in [4.69, 9.17) is 9.47 Å². The molecule has 1 N–H and O–H groups in total. The van der Waals surface area contributed by atoms with Crippen molar-refractivity contribution in [1.82, 2.24) is 10.2 Å².